The number of carbonyl (C=O) groups is 10. The number of ether oxygens (including phenoxy) is 22. The molecule has 812 valence electrons. The maximum atomic E-state index is 15.0. The van der Waals surface area contributed by atoms with E-state index in [1.54, 1.807) is 90.0 Å². The third kappa shape index (κ3) is 56.5. The second-order valence-corrected chi connectivity index (χ2v) is 54.0. The lowest BCUT2D eigenvalue weighted by atomic mass is 9.89. The van der Waals surface area contributed by atoms with E-state index in [0.29, 0.717) is 0 Å². The van der Waals surface area contributed by atoms with Crippen molar-refractivity contribution in [2.24, 2.45) is 54.1 Å². The van der Waals surface area contributed by atoms with Gasteiger partial charge >= 0.3 is 59.7 Å². The van der Waals surface area contributed by atoms with Gasteiger partial charge in [-0.1, -0.05) is 0 Å². The Labute approximate surface area is 832 Å². The van der Waals surface area contributed by atoms with E-state index in [2.05, 4.69) is 0 Å². The molecule has 0 bridgehead atoms. The fraction of sp³-hybridized carbons (Fsp3) is 0.906. The van der Waals surface area contributed by atoms with E-state index in [9.17, 15) is 38.4 Å². The number of carbonyl (C=O) groups excluding carboxylic acids is 10. The van der Waals surface area contributed by atoms with Crippen molar-refractivity contribution in [2.75, 3.05) is 132 Å². The average molecular weight is 1980 g/mol. The molecule has 0 amide bonds. The molecular weight excluding hydrogens is 1790 g/mol. The quantitative estimate of drug-likeness (QED) is 0.0403. The lowest BCUT2D eigenvalue weighted by Gasteiger charge is -2.37. The zero-order valence-corrected chi connectivity index (χ0v) is 96.2. The van der Waals surface area contributed by atoms with Gasteiger partial charge in [0.2, 0.25) is 0 Å². The van der Waals surface area contributed by atoms with Crippen LogP contribution in [0, 0.1) is 54.1 Å². The Hall–Kier alpha value is -5.78. The largest absolute Gasteiger partial charge is 0.464 e. The van der Waals surface area contributed by atoms with Gasteiger partial charge in [-0.25, -0.2) is 0 Å². The minimum atomic E-state index is -2.03. The Balaban J connectivity index is 0. The molecule has 0 rings (SSSR count). The summed E-state index contributed by atoms with van der Waals surface area (Å²) in [6, 6.07) is 0. The molecule has 0 N–H and O–H groups in total. The van der Waals surface area contributed by atoms with Crippen molar-refractivity contribution in [3.63, 3.8) is 0 Å². The van der Waals surface area contributed by atoms with Crippen molar-refractivity contribution in [3.05, 3.63) is 0 Å². The van der Waals surface area contributed by atoms with Gasteiger partial charge in [0.15, 0.2) is 0 Å². The first kappa shape index (κ1) is 134. The van der Waals surface area contributed by atoms with Crippen LogP contribution in [-0.4, -0.2) is 270 Å². The van der Waals surface area contributed by atoms with Gasteiger partial charge < -0.3 is 104 Å². The summed E-state index contributed by atoms with van der Waals surface area (Å²) in [6.45, 7) is 85.7. The van der Waals surface area contributed by atoms with Gasteiger partial charge in [-0.15, -0.1) is 0 Å². The molecule has 0 aromatic carbocycles. The van der Waals surface area contributed by atoms with Gasteiger partial charge in [0.1, 0.15) is 118 Å². The second-order valence-electron chi connectivity index (χ2n) is 54.0. The average Bonchev–Trinajstić information content (AvgIpc) is 0.802. The Morgan fingerprint density at radius 3 is 0.254 bits per heavy atom. The van der Waals surface area contributed by atoms with Gasteiger partial charge in [0, 0.05) is 0 Å². The predicted molar refractivity (Wildman–Crippen MR) is 529 cm³/mol. The highest BCUT2D eigenvalue weighted by molar-refractivity contribution is 5.85. The van der Waals surface area contributed by atoms with E-state index >= 15 is 9.59 Å². The third-order valence-corrected chi connectivity index (χ3v) is 19.8. The summed E-state index contributed by atoms with van der Waals surface area (Å²) in [7, 11) is 0. The van der Waals surface area contributed by atoms with E-state index in [1.165, 1.54) is 20.8 Å². The fourth-order valence-corrected chi connectivity index (χ4v) is 10.1. The SMILES string of the molecule is CC(C)(C)OCC(C)(COC(C)(C)C)C(=O)OCC(C)(COC(=O)C(C)(COC(C)(C)C)COC(C)(C)C)C(=O)OC(C)(C)C.CC(C)(C)OCC(C)(COC(C)(C)C)C(=O)OCC(C)(COC(=O)C(C)(COC(C)(C)C)COC(C)(C)C)C(=O)OCC(C)(COC(=O)C(C)(COC(=O)C(C)(COC(C)(C)C)COC(C)(C)C)COC(=O)C(C)(COC(C)(C)C)COC(C)(C)C)C(=O)OC(C)(C)C. The minimum Gasteiger partial charge on any atom is -0.464 e. The Bertz CT molecular complexity index is 3380. The molecule has 0 saturated heterocycles. The smallest absolute Gasteiger partial charge is 0.319 e. The molecule has 138 heavy (non-hydrogen) atoms. The van der Waals surface area contributed by atoms with Crippen LogP contribution >= 0.6 is 0 Å². The minimum absolute atomic E-state index is 0.0312. The summed E-state index contributed by atoms with van der Waals surface area (Å²) in [5.74, 6) is -8.32. The molecule has 0 fully saturated rings. The normalized spacial score (nSPS) is 14.3. The third-order valence-electron chi connectivity index (χ3n) is 19.8. The van der Waals surface area contributed by atoms with Crippen LogP contribution in [0.25, 0.3) is 0 Å². The summed E-state index contributed by atoms with van der Waals surface area (Å²) < 4.78 is 132. The summed E-state index contributed by atoms with van der Waals surface area (Å²) in [6.07, 6.45) is 0. The topological polar surface area (TPSA) is 374 Å². The second kappa shape index (κ2) is 50.4. The Morgan fingerprint density at radius 2 is 0.181 bits per heavy atom. The van der Waals surface area contributed by atoms with Crippen LogP contribution in [-0.2, 0) is 152 Å². The number of hydrogen-bond acceptors (Lipinski definition) is 32. The molecule has 32 heteroatoms. The van der Waals surface area contributed by atoms with E-state index in [-0.39, 0.29) is 79.3 Å². The van der Waals surface area contributed by atoms with Crippen molar-refractivity contribution in [2.45, 2.75) is 438 Å². The Kier molecular flexibility index (Phi) is 49.0. The molecule has 0 saturated carbocycles. The summed E-state index contributed by atoms with van der Waals surface area (Å²) >= 11 is 0. The molecular formula is C106H196O32. The summed E-state index contributed by atoms with van der Waals surface area (Å²) in [5, 5.41) is 0. The number of rotatable bonds is 50. The van der Waals surface area contributed by atoms with Gasteiger partial charge in [0.05, 0.1) is 146 Å². The van der Waals surface area contributed by atoms with Gasteiger partial charge in [-0.05, 0) is 360 Å². The summed E-state index contributed by atoms with van der Waals surface area (Å²) in [4.78, 5) is 143. The Morgan fingerprint density at radius 1 is 0.109 bits per heavy atom. The zero-order chi connectivity index (χ0) is 109. The van der Waals surface area contributed by atoms with Crippen molar-refractivity contribution in [3.8, 4) is 0 Å². The highest BCUT2D eigenvalue weighted by Crippen LogP contribution is 2.39. The predicted octanol–water partition coefficient (Wildman–Crippen LogP) is 18.8. The number of hydrogen-bond donors (Lipinski definition) is 0. The lowest BCUT2D eigenvalue weighted by Crippen LogP contribution is -2.50. The van der Waals surface area contributed by atoms with Gasteiger partial charge in [-0.3, -0.25) is 47.9 Å². The van der Waals surface area contributed by atoms with E-state index in [4.69, 9.17) is 104 Å². The summed E-state index contributed by atoms with van der Waals surface area (Å²) in [5.41, 5.74) is -25.1. The lowest BCUT2D eigenvalue weighted by molar-refractivity contribution is -0.194. The molecule has 0 aromatic heterocycles. The van der Waals surface area contributed by atoms with Gasteiger partial charge in [-0.2, -0.15) is 0 Å². The van der Waals surface area contributed by atoms with Crippen LogP contribution in [0.3, 0.4) is 0 Å². The van der Waals surface area contributed by atoms with Crippen LogP contribution in [0.1, 0.15) is 360 Å². The molecule has 0 aliphatic heterocycles. The van der Waals surface area contributed by atoms with E-state index in [0.717, 1.165) is 0 Å². The molecule has 0 heterocycles. The van der Waals surface area contributed by atoms with Gasteiger partial charge in [0.25, 0.3) is 0 Å². The molecule has 32 nitrogen and oxygen atoms in total. The molecule has 0 aromatic rings. The van der Waals surface area contributed by atoms with E-state index in [1.807, 2.05) is 249 Å². The monoisotopic (exact) mass is 1980 g/mol. The molecule has 0 atom stereocenters. The maximum Gasteiger partial charge on any atom is 0.319 e. The highest BCUT2D eigenvalue weighted by atomic mass is 16.6. The van der Waals surface area contributed by atoms with E-state index < -0.39 is 245 Å². The van der Waals surface area contributed by atoms with Crippen LogP contribution in [0.5, 0.6) is 0 Å². The van der Waals surface area contributed by atoms with Crippen molar-refractivity contribution < 1.29 is 152 Å². The standard InChI is InChI=1S/C71H130O22.C35H66O10/c1-56(2,3)85-41-68(31,42-86-57(4,5)6)51(74)79-35-65(28,36-80-52(75)69(32,43-87-58(7,8)9)44-88-59(10,11)12)49(72)83-39-67(30,55(78)93-64(25,26)27)40-84-50(73)66(29,37-81-53(76)70(33,45-89-60(13,14)15)46-90-61(16,17)18)38-82-54(77)71(34,47-91-62(19,20)21)48-92-63(22,23)24;1-28(2,3)41-21-34(17,22-42-29(4,5)6)25(36)39-19-33(16,27(38)45-32(13,14)15)20-40-26(37)35(18,23-43-30(7,8)9)24-44-31(10,11)12/h35-48H2,1-34H3;19-24H2,1-18H3. The van der Waals surface area contributed by atoms with Crippen LogP contribution < -0.4 is 0 Å². The van der Waals surface area contributed by atoms with Crippen LogP contribution in [0.2, 0.25) is 0 Å². The van der Waals surface area contributed by atoms with Crippen LogP contribution in [0.4, 0.5) is 0 Å². The van der Waals surface area contributed by atoms with Crippen LogP contribution in [0.15, 0.2) is 0 Å². The first-order valence-electron chi connectivity index (χ1n) is 48.3. The molecule has 0 aliphatic carbocycles. The molecule has 0 unspecified atom stereocenters. The first-order valence-corrected chi connectivity index (χ1v) is 48.3. The van der Waals surface area contributed by atoms with Crippen molar-refractivity contribution >= 4 is 59.7 Å². The molecule has 0 radical (unpaired) electrons. The van der Waals surface area contributed by atoms with Crippen molar-refractivity contribution in [1.82, 2.24) is 0 Å². The fourth-order valence-electron chi connectivity index (χ4n) is 10.1. The highest BCUT2D eigenvalue weighted by Gasteiger charge is 2.53. The molecule has 0 spiro atoms. The zero-order valence-electron chi connectivity index (χ0n) is 96.2. The van der Waals surface area contributed by atoms with Crippen molar-refractivity contribution in [1.29, 1.82) is 0 Å². The molecule has 0 aliphatic rings. The first-order chi connectivity index (χ1) is 60.8. The maximum absolute atomic E-state index is 15.0. The number of esters is 10.